The molecule has 2 rings (SSSR count). The first-order valence-electron chi connectivity index (χ1n) is 3.77. The average Bonchev–Trinajstić information content (AvgIpc) is 2.21. The summed E-state index contributed by atoms with van der Waals surface area (Å²) in [7, 11) is 0. The summed E-state index contributed by atoms with van der Waals surface area (Å²) in [6.45, 7) is 0.773. The molecule has 3 nitrogen and oxygen atoms in total. The van der Waals surface area contributed by atoms with Gasteiger partial charge in [0.2, 0.25) is 0 Å². The van der Waals surface area contributed by atoms with E-state index >= 15 is 0 Å². The Labute approximate surface area is 70.9 Å². The minimum absolute atomic E-state index is 0.773. The summed E-state index contributed by atoms with van der Waals surface area (Å²) in [6.07, 6.45) is 6.44. The second-order valence-electron chi connectivity index (χ2n) is 2.41. The van der Waals surface area contributed by atoms with E-state index in [1.807, 2.05) is 24.3 Å². The Balaban J connectivity index is 2.31. The molecule has 1 aromatic rings. The number of hydrogen-bond donors (Lipinski definition) is 1. The van der Waals surface area contributed by atoms with Gasteiger partial charge in [-0.1, -0.05) is 6.07 Å². The lowest BCUT2D eigenvalue weighted by atomic mass is 10.2. The highest BCUT2D eigenvalue weighted by atomic mass is 15.0. The van der Waals surface area contributed by atoms with E-state index in [0.29, 0.717) is 0 Å². The summed E-state index contributed by atoms with van der Waals surface area (Å²) in [5.41, 5.74) is 1.78. The van der Waals surface area contributed by atoms with Crippen molar-refractivity contribution in [2.24, 2.45) is 4.99 Å². The van der Waals surface area contributed by atoms with Crippen LogP contribution < -0.4 is 5.32 Å². The molecule has 0 amide bonds. The Kier molecular flexibility index (Phi) is 1.86. The lowest BCUT2D eigenvalue weighted by Crippen LogP contribution is -2.14. The fourth-order valence-electron chi connectivity index (χ4n) is 1.01. The molecular formula is C9H8N3. The Bertz CT molecular complexity index is 314. The Morgan fingerprint density at radius 3 is 3.08 bits per heavy atom. The van der Waals surface area contributed by atoms with Crippen LogP contribution in [0.4, 0.5) is 0 Å². The molecule has 0 bridgehead atoms. The van der Waals surface area contributed by atoms with Gasteiger partial charge in [0.15, 0.2) is 6.34 Å². The Morgan fingerprint density at radius 2 is 2.42 bits per heavy atom. The van der Waals surface area contributed by atoms with E-state index in [9.17, 15) is 0 Å². The van der Waals surface area contributed by atoms with Crippen molar-refractivity contribution in [2.75, 3.05) is 6.54 Å². The van der Waals surface area contributed by atoms with Gasteiger partial charge in [-0.3, -0.25) is 4.98 Å². The monoisotopic (exact) mass is 158 g/mol. The molecule has 0 fully saturated rings. The third-order valence-corrected chi connectivity index (χ3v) is 1.58. The molecule has 1 aromatic heterocycles. The third kappa shape index (κ3) is 1.34. The number of pyridine rings is 1. The zero-order valence-electron chi connectivity index (χ0n) is 6.49. The van der Waals surface area contributed by atoms with E-state index in [-0.39, 0.29) is 0 Å². The van der Waals surface area contributed by atoms with Crippen LogP contribution in [-0.2, 0) is 0 Å². The van der Waals surface area contributed by atoms with Gasteiger partial charge >= 0.3 is 0 Å². The number of nitrogens with zero attached hydrogens (tertiary/aromatic N) is 2. The molecule has 0 aliphatic carbocycles. The molecule has 0 atom stereocenters. The Hall–Kier alpha value is -1.64. The first-order chi connectivity index (χ1) is 5.97. The maximum Gasteiger partial charge on any atom is 0.170 e. The normalized spacial score (nSPS) is 15.2. The molecule has 59 valence electrons. The fraction of sp³-hybridized carbons (Fsp3) is 0.111. The highest BCUT2D eigenvalue weighted by molar-refractivity contribution is 5.73. The predicted octanol–water partition coefficient (Wildman–Crippen LogP) is 0.931. The molecule has 1 aliphatic rings. The number of aliphatic imine (C=N–C) groups is 1. The molecule has 12 heavy (non-hydrogen) atoms. The van der Waals surface area contributed by atoms with Crippen LogP contribution >= 0.6 is 0 Å². The van der Waals surface area contributed by atoms with E-state index in [2.05, 4.69) is 21.6 Å². The summed E-state index contributed by atoms with van der Waals surface area (Å²) < 4.78 is 0. The van der Waals surface area contributed by atoms with E-state index < -0.39 is 0 Å². The van der Waals surface area contributed by atoms with Crippen molar-refractivity contribution >= 4 is 12.0 Å². The average molecular weight is 158 g/mol. The minimum atomic E-state index is 0.773. The molecule has 0 saturated heterocycles. The van der Waals surface area contributed by atoms with Gasteiger partial charge < -0.3 is 5.32 Å². The molecule has 1 aliphatic heterocycles. The number of nitrogens with one attached hydrogen (secondary N) is 1. The van der Waals surface area contributed by atoms with Gasteiger partial charge in [0.25, 0.3) is 0 Å². The third-order valence-electron chi connectivity index (χ3n) is 1.58. The largest absolute Gasteiger partial charge is 0.363 e. The Morgan fingerprint density at radius 1 is 1.42 bits per heavy atom. The highest BCUT2D eigenvalue weighted by Gasteiger charge is 2.01. The zero-order valence-corrected chi connectivity index (χ0v) is 6.49. The van der Waals surface area contributed by atoms with Crippen LogP contribution in [0.5, 0.6) is 0 Å². The van der Waals surface area contributed by atoms with E-state index in [1.54, 1.807) is 6.20 Å². The van der Waals surface area contributed by atoms with Crippen LogP contribution in [0.1, 0.15) is 5.69 Å². The van der Waals surface area contributed by atoms with Crippen molar-refractivity contribution in [3.05, 3.63) is 36.2 Å². The van der Waals surface area contributed by atoms with E-state index in [4.69, 9.17) is 0 Å². The molecular weight excluding hydrogens is 150 g/mol. The van der Waals surface area contributed by atoms with Crippen LogP contribution in [0.25, 0.3) is 5.70 Å². The summed E-state index contributed by atoms with van der Waals surface area (Å²) in [4.78, 5) is 8.21. The van der Waals surface area contributed by atoms with Crippen molar-refractivity contribution in [2.45, 2.75) is 0 Å². The lowest BCUT2D eigenvalue weighted by Gasteiger charge is -2.04. The van der Waals surface area contributed by atoms with Gasteiger partial charge in [-0.15, -0.1) is 0 Å². The SMILES string of the molecule is [C]1=NC(c2ccccn2)=CCN1. The van der Waals surface area contributed by atoms with Gasteiger partial charge in [-0.05, 0) is 18.2 Å². The maximum atomic E-state index is 4.17. The van der Waals surface area contributed by atoms with Crippen LogP contribution in [-0.4, -0.2) is 17.9 Å². The van der Waals surface area contributed by atoms with Crippen LogP contribution in [0.3, 0.4) is 0 Å². The van der Waals surface area contributed by atoms with Crippen LogP contribution in [0.15, 0.2) is 35.5 Å². The standard InChI is InChI=1S/C9H8N3/c1-2-5-11-8(3-1)9-4-6-10-7-12-9/h1-5H,6H2,(H,10,12). The first-order valence-corrected chi connectivity index (χ1v) is 3.77. The van der Waals surface area contributed by atoms with Crippen LogP contribution in [0.2, 0.25) is 0 Å². The maximum absolute atomic E-state index is 4.17. The van der Waals surface area contributed by atoms with Gasteiger partial charge in [-0.2, -0.15) is 0 Å². The lowest BCUT2D eigenvalue weighted by molar-refractivity contribution is 1.04. The van der Waals surface area contributed by atoms with Crippen molar-refractivity contribution in [3.8, 4) is 0 Å². The van der Waals surface area contributed by atoms with Crippen molar-refractivity contribution < 1.29 is 0 Å². The second kappa shape index (κ2) is 3.17. The molecule has 1 N–H and O–H groups in total. The molecule has 0 unspecified atom stereocenters. The molecule has 1 radical (unpaired) electrons. The number of hydrogen-bond acceptors (Lipinski definition) is 3. The molecule has 3 heteroatoms. The summed E-state index contributed by atoms with van der Waals surface area (Å²) in [5.74, 6) is 0. The van der Waals surface area contributed by atoms with Crippen molar-refractivity contribution in [1.29, 1.82) is 0 Å². The van der Waals surface area contributed by atoms with Gasteiger partial charge in [0.1, 0.15) is 0 Å². The molecule has 0 aromatic carbocycles. The smallest absolute Gasteiger partial charge is 0.170 e. The topological polar surface area (TPSA) is 37.3 Å². The molecule has 2 heterocycles. The summed E-state index contributed by atoms with van der Waals surface area (Å²) in [6, 6.07) is 5.77. The fourth-order valence-corrected chi connectivity index (χ4v) is 1.01. The van der Waals surface area contributed by atoms with Gasteiger partial charge in [0.05, 0.1) is 11.4 Å². The highest BCUT2D eigenvalue weighted by Crippen LogP contribution is 2.12. The van der Waals surface area contributed by atoms with Crippen LogP contribution in [0, 0.1) is 0 Å². The van der Waals surface area contributed by atoms with Crippen molar-refractivity contribution in [3.63, 3.8) is 0 Å². The quantitative estimate of drug-likeness (QED) is 0.660. The minimum Gasteiger partial charge on any atom is -0.363 e. The predicted molar refractivity (Wildman–Crippen MR) is 47.7 cm³/mol. The second-order valence-corrected chi connectivity index (χ2v) is 2.41. The zero-order chi connectivity index (χ0) is 8.23. The number of rotatable bonds is 1. The summed E-state index contributed by atoms with van der Waals surface area (Å²) >= 11 is 0. The summed E-state index contributed by atoms with van der Waals surface area (Å²) in [5, 5.41) is 2.86. The first kappa shape index (κ1) is 7.03. The van der Waals surface area contributed by atoms with E-state index in [1.165, 1.54) is 0 Å². The molecule has 0 saturated carbocycles. The van der Waals surface area contributed by atoms with Gasteiger partial charge in [0, 0.05) is 12.7 Å². The molecule has 0 spiro atoms. The van der Waals surface area contributed by atoms with Gasteiger partial charge in [-0.25, -0.2) is 4.99 Å². The number of aromatic nitrogens is 1. The van der Waals surface area contributed by atoms with Crippen molar-refractivity contribution in [1.82, 2.24) is 10.3 Å². The van der Waals surface area contributed by atoms with E-state index in [0.717, 1.165) is 17.9 Å².